The second-order valence-corrected chi connectivity index (χ2v) is 6.48. The Morgan fingerprint density at radius 1 is 1.23 bits per heavy atom. The van der Waals surface area contributed by atoms with Crippen LogP contribution in [0, 0.1) is 0 Å². The molecule has 3 aromatic rings. The van der Waals surface area contributed by atoms with Crippen LogP contribution >= 0.6 is 27.5 Å². The van der Waals surface area contributed by atoms with Gasteiger partial charge in [0.1, 0.15) is 12.4 Å². The van der Waals surface area contributed by atoms with Gasteiger partial charge in [0.15, 0.2) is 5.82 Å². The fourth-order valence-electron chi connectivity index (χ4n) is 2.28. The Kier molecular flexibility index (Phi) is 5.19. The van der Waals surface area contributed by atoms with E-state index in [1.54, 1.807) is 24.3 Å². The van der Waals surface area contributed by atoms with Gasteiger partial charge in [0.2, 0.25) is 4.73 Å². The van der Waals surface area contributed by atoms with Gasteiger partial charge < -0.3 is 0 Å². The SMILES string of the molecule is O=c1n(Cc2nc(Br)n[nH]2)nc(-c2ccc(Cl)cc2)n1CCC(F)(F)F. The van der Waals surface area contributed by atoms with E-state index in [1.807, 2.05) is 0 Å². The zero-order valence-corrected chi connectivity index (χ0v) is 15.3. The summed E-state index contributed by atoms with van der Waals surface area (Å²) in [4.78, 5) is 16.6. The van der Waals surface area contributed by atoms with Gasteiger partial charge in [-0.15, -0.1) is 10.2 Å². The normalized spacial score (nSPS) is 11.9. The summed E-state index contributed by atoms with van der Waals surface area (Å²) in [6.07, 6.45) is -5.54. The number of alkyl halides is 3. The summed E-state index contributed by atoms with van der Waals surface area (Å²) in [5.74, 6) is 0.455. The first-order valence-corrected chi connectivity index (χ1v) is 8.47. The van der Waals surface area contributed by atoms with E-state index in [2.05, 4.69) is 36.2 Å². The quantitative estimate of drug-likeness (QED) is 0.646. The largest absolute Gasteiger partial charge is 0.390 e. The molecule has 0 radical (unpaired) electrons. The summed E-state index contributed by atoms with van der Waals surface area (Å²) < 4.78 is 40.2. The maximum absolute atomic E-state index is 12.6. The Hall–Kier alpha value is -2.14. The van der Waals surface area contributed by atoms with Gasteiger partial charge in [-0.1, -0.05) is 11.6 Å². The number of nitrogens with one attached hydrogen (secondary N) is 1. The van der Waals surface area contributed by atoms with Crippen molar-refractivity contribution >= 4 is 27.5 Å². The van der Waals surface area contributed by atoms with Crippen molar-refractivity contribution < 1.29 is 13.2 Å². The average molecular weight is 452 g/mol. The second kappa shape index (κ2) is 7.23. The molecule has 0 amide bonds. The van der Waals surface area contributed by atoms with E-state index in [-0.39, 0.29) is 12.4 Å². The predicted molar refractivity (Wildman–Crippen MR) is 90.8 cm³/mol. The summed E-state index contributed by atoms with van der Waals surface area (Å²) >= 11 is 8.91. The molecule has 0 atom stereocenters. The number of hydrogen-bond acceptors (Lipinski definition) is 4. The van der Waals surface area contributed by atoms with Gasteiger partial charge in [0, 0.05) is 17.1 Å². The first-order valence-electron chi connectivity index (χ1n) is 7.30. The first kappa shape index (κ1) is 18.6. The monoisotopic (exact) mass is 450 g/mol. The smallest absolute Gasteiger partial charge is 0.275 e. The standard InChI is InChI=1S/C14H11BrClF3N6O/c15-12-20-10(21-22-12)7-25-13(26)24(6-5-14(17,18)19)11(23-25)8-1-3-9(16)4-2-8/h1-4H,5-7H2,(H,20,21,22). The minimum absolute atomic E-state index is 0.0585. The zero-order valence-electron chi connectivity index (χ0n) is 13.0. The molecular weight excluding hydrogens is 441 g/mol. The molecule has 1 N–H and O–H groups in total. The van der Waals surface area contributed by atoms with Gasteiger partial charge in [0.25, 0.3) is 0 Å². The van der Waals surface area contributed by atoms with Gasteiger partial charge >= 0.3 is 11.9 Å². The van der Waals surface area contributed by atoms with Gasteiger partial charge in [-0.05, 0) is 40.2 Å². The van der Waals surface area contributed by atoms with Crippen LogP contribution in [0.25, 0.3) is 11.4 Å². The van der Waals surface area contributed by atoms with Crippen molar-refractivity contribution in [3.05, 3.63) is 50.3 Å². The molecule has 3 rings (SSSR count). The van der Waals surface area contributed by atoms with E-state index >= 15 is 0 Å². The molecule has 0 aliphatic heterocycles. The van der Waals surface area contributed by atoms with Gasteiger partial charge in [0.05, 0.1) is 6.42 Å². The van der Waals surface area contributed by atoms with Crippen molar-refractivity contribution in [3.8, 4) is 11.4 Å². The lowest BCUT2D eigenvalue weighted by atomic mass is 10.2. The third-order valence-electron chi connectivity index (χ3n) is 3.45. The minimum atomic E-state index is -4.39. The summed E-state index contributed by atoms with van der Waals surface area (Å²) in [5, 5.41) is 11.0. The lowest BCUT2D eigenvalue weighted by Gasteiger charge is -2.08. The van der Waals surface area contributed by atoms with Crippen LogP contribution in [-0.4, -0.2) is 35.7 Å². The molecule has 0 aliphatic carbocycles. The number of rotatable bonds is 5. The molecule has 7 nitrogen and oxygen atoms in total. The van der Waals surface area contributed by atoms with Crippen LogP contribution in [0.15, 0.2) is 33.8 Å². The molecule has 2 aromatic heterocycles. The Balaban J connectivity index is 2.01. The molecule has 12 heteroatoms. The first-order chi connectivity index (χ1) is 12.2. The van der Waals surface area contributed by atoms with Crippen molar-refractivity contribution in [1.29, 1.82) is 0 Å². The molecular formula is C14H11BrClF3N6O. The molecule has 0 aliphatic rings. The van der Waals surface area contributed by atoms with Crippen LogP contribution in [0.1, 0.15) is 12.2 Å². The summed E-state index contributed by atoms with van der Waals surface area (Å²) in [5.41, 5.74) is -0.196. The molecule has 1 aromatic carbocycles. The number of nitrogens with zero attached hydrogens (tertiary/aromatic N) is 5. The van der Waals surface area contributed by atoms with Crippen LogP contribution < -0.4 is 5.69 Å². The maximum atomic E-state index is 12.6. The zero-order chi connectivity index (χ0) is 18.9. The van der Waals surface area contributed by atoms with E-state index in [1.165, 1.54) is 0 Å². The molecule has 138 valence electrons. The predicted octanol–water partition coefficient (Wildman–Crippen LogP) is 3.25. The van der Waals surface area contributed by atoms with E-state index < -0.39 is 24.8 Å². The molecule has 26 heavy (non-hydrogen) atoms. The van der Waals surface area contributed by atoms with E-state index in [0.717, 1.165) is 9.25 Å². The Labute approximate surface area is 157 Å². The number of aromatic nitrogens is 6. The number of aromatic amines is 1. The molecule has 0 saturated carbocycles. The van der Waals surface area contributed by atoms with Crippen molar-refractivity contribution in [2.75, 3.05) is 0 Å². The molecule has 0 saturated heterocycles. The van der Waals surface area contributed by atoms with Gasteiger partial charge in [-0.25, -0.2) is 14.5 Å². The highest BCUT2D eigenvalue weighted by Crippen LogP contribution is 2.23. The molecule has 0 fully saturated rings. The highest BCUT2D eigenvalue weighted by molar-refractivity contribution is 9.10. The topological polar surface area (TPSA) is 81.4 Å². The van der Waals surface area contributed by atoms with Crippen molar-refractivity contribution in [2.24, 2.45) is 0 Å². The number of H-pyrrole nitrogens is 1. The summed E-state index contributed by atoms with van der Waals surface area (Å²) in [6, 6.07) is 6.32. The lowest BCUT2D eigenvalue weighted by Crippen LogP contribution is -2.27. The van der Waals surface area contributed by atoms with Crippen LogP contribution in [0.4, 0.5) is 13.2 Å². The fraction of sp³-hybridized carbons (Fsp3) is 0.286. The van der Waals surface area contributed by atoms with Crippen LogP contribution in [0.3, 0.4) is 0 Å². The van der Waals surface area contributed by atoms with E-state index in [4.69, 9.17) is 11.6 Å². The highest BCUT2D eigenvalue weighted by atomic mass is 79.9. The summed E-state index contributed by atoms with van der Waals surface area (Å²) in [7, 11) is 0. The molecule has 0 spiro atoms. The summed E-state index contributed by atoms with van der Waals surface area (Å²) in [6.45, 7) is -0.600. The Bertz CT molecular complexity index is 962. The van der Waals surface area contributed by atoms with Crippen molar-refractivity contribution in [1.82, 2.24) is 29.5 Å². The van der Waals surface area contributed by atoms with Crippen LogP contribution in [0.2, 0.25) is 5.02 Å². The van der Waals surface area contributed by atoms with Crippen LogP contribution in [-0.2, 0) is 13.1 Å². The van der Waals surface area contributed by atoms with Crippen molar-refractivity contribution in [2.45, 2.75) is 25.7 Å². The highest BCUT2D eigenvalue weighted by Gasteiger charge is 2.28. The minimum Gasteiger partial charge on any atom is -0.275 e. The van der Waals surface area contributed by atoms with Gasteiger partial charge in [-0.2, -0.15) is 13.2 Å². The molecule has 0 bridgehead atoms. The van der Waals surface area contributed by atoms with Crippen LogP contribution in [0.5, 0.6) is 0 Å². The molecule has 0 unspecified atom stereocenters. The fourth-order valence-corrected chi connectivity index (χ4v) is 2.71. The Morgan fingerprint density at radius 3 is 2.50 bits per heavy atom. The van der Waals surface area contributed by atoms with E-state index in [0.29, 0.717) is 21.1 Å². The van der Waals surface area contributed by atoms with E-state index in [9.17, 15) is 18.0 Å². The van der Waals surface area contributed by atoms with Gasteiger partial charge in [-0.3, -0.25) is 9.67 Å². The number of hydrogen-bond donors (Lipinski definition) is 1. The Morgan fingerprint density at radius 2 is 1.92 bits per heavy atom. The van der Waals surface area contributed by atoms with Crippen molar-refractivity contribution in [3.63, 3.8) is 0 Å². The third-order valence-corrected chi connectivity index (χ3v) is 4.05. The average Bonchev–Trinajstić information content (AvgIpc) is 3.10. The maximum Gasteiger partial charge on any atom is 0.390 e. The lowest BCUT2D eigenvalue weighted by molar-refractivity contribution is -0.136. The third kappa shape index (κ3) is 4.33. The second-order valence-electron chi connectivity index (χ2n) is 5.34. The molecule has 2 heterocycles. The number of benzene rings is 1. The number of halogens is 5.